The monoisotopic (exact) mass is 565 g/mol. The van der Waals surface area contributed by atoms with Gasteiger partial charge in [-0.1, -0.05) is 74.7 Å². The van der Waals surface area contributed by atoms with Crippen LogP contribution in [0.1, 0.15) is 51.0 Å². The van der Waals surface area contributed by atoms with Gasteiger partial charge < -0.3 is 10.2 Å². The van der Waals surface area contributed by atoms with Crippen molar-refractivity contribution in [1.82, 2.24) is 10.2 Å². The van der Waals surface area contributed by atoms with Gasteiger partial charge in [0.2, 0.25) is 11.8 Å². The zero-order chi connectivity index (χ0) is 28.5. The molecule has 7 nitrogen and oxygen atoms in total. The number of rotatable bonds is 11. The maximum absolute atomic E-state index is 14.0. The lowest BCUT2D eigenvalue weighted by molar-refractivity contribution is -0.140. The Labute approximate surface area is 236 Å². The molecule has 1 aliphatic rings. The Bertz CT molecular complexity index is 1360. The number of benzene rings is 3. The van der Waals surface area contributed by atoms with E-state index in [1.807, 2.05) is 6.92 Å². The Balaban J connectivity index is 1.67. The van der Waals surface area contributed by atoms with Crippen LogP contribution in [0.4, 0.5) is 10.1 Å². The van der Waals surface area contributed by atoms with Crippen LogP contribution in [0.5, 0.6) is 0 Å². The number of anilines is 1. The number of hydrogen-bond acceptors (Lipinski definition) is 4. The highest BCUT2D eigenvalue weighted by Crippen LogP contribution is 2.25. The zero-order valence-electron chi connectivity index (χ0n) is 22.7. The molecule has 1 saturated carbocycles. The van der Waals surface area contributed by atoms with Crippen molar-refractivity contribution in [2.45, 2.75) is 69.0 Å². The molecule has 1 aliphatic carbocycles. The van der Waals surface area contributed by atoms with Crippen molar-refractivity contribution >= 4 is 27.5 Å². The van der Waals surface area contributed by atoms with Crippen molar-refractivity contribution in [2.75, 3.05) is 10.8 Å². The molecule has 1 N–H and O–H groups in total. The van der Waals surface area contributed by atoms with Gasteiger partial charge in [-0.3, -0.25) is 13.9 Å². The maximum atomic E-state index is 14.0. The number of para-hydroxylation sites is 1. The Morgan fingerprint density at radius 3 is 2.10 bits per heavy atom. The van der Waals surface area contributed by atoms with Crippen molar-refractivity contribution in [3.8, 4) is 0 Å². The molecule has 2 amide bonds. The molecule has 3 aromatic carbocycles. The highest BCUT2D eigenvalue weighted by Gasteiger charge is 2.34. The van der Waals surface area contributed by atoms with Crippen LogP contribution in [0.2, 0.25) is 0 Å². The molecule has 3 aromatic rings. The van der Waals surface area contributed by atoms with E-state index in [1.165, 1.54) is 29.2 Å². The summed E-state index contributed by atoms with van der Waals surface area (Å²) in [6.45, 7) is 1.35. The summed E-state index contributed by atoms with van der Waals surface area (Å²) in [6.07, 6.45) is 5.36. The van der Waals surface area contributed by atoms with E-state index >= 15 is 0 Å². The summed E-state index contributed by atoms with van der Waals surface area (Å²) in [5.41, 5.74) is 0.969. The first kappa shape index (κ1) is 29.3. The summed E-state index contributed by atoms with van der Waals surface area (Å²) in [7, 11) is -4.10. The third kappa shape index (κ3) is 7.27. The standard InChI is InChI=1S/C31H36FN3O4S/c1-2-29(31(37)33-26-12-6-3-7-13-26)34(22-24-18-20-25(32)21-19-24)30(36)23-35(27-14-8-4-9-15-27)40(38,39)28-16-10-5-11-17-28/h4-5,8-11,14-21,26,29H,2-3,6-7,12-13,22-23H2,1H3,(H,33,37). The van der Waals surface area contributed by atoms with Gasteiger partial charge >= 0.3 is 0 Å². The van der Waals surface area contributed by atoms with Crippen LogP contribution in [0, 0.1) is 5.82 Å². The lowest BCUT2D eigenvalue weighted by Gasteiger charge is -2.34. The second-order valence-electron chi connectivity index (χ2n) is 10.1. The Hall–Kier alpha value is -3.72. The topological polar surface area (TPSA) is 86.8 Å². The first-order valence-corrected chi connectivity index (χ1v) is 15.2. The fourth-order valence-electron chi connectivity index (χ4n) is 5.09. The number of carbonyl (C=O) groups excluding carboxylic acids is 2. The molecular weight excluding hydrogens is 529 g/mol. The lowest BCUT2D eigenvalue weighted by atomic mass is 9.95. The highest BCUT2D eigenvalue weighted by atomic mass is 32.2. The molecule has 1 fully saturated rings. The summed E-state index contributed by atoms with van der Waals surface area (Å²) in [6, 6.07) is 21.3. The molecule has 0 saturated heterocycles. The molecule has 0 aromatic heterocycles. The Morgan fingerprint density at radius 1 is 0.900 bits per heavy atom. The van der Waals surface area contributed by atoms with Crippen molar-refractivity contribution in [1.29, 1.82) is 0 Å². The first-order chi connectivity index (χ1) is 19.3. The number of hydrogen-bond donors (Lipinski definition) is 1. The number of nitrogens with zero attached hydrogens (tertiary/aromatic N) is 2. The quantitative estimate of drug-likeness (QED) is 0.343. The average Bonchev–Trinajstić information content (AvgIpc) is 2.98. The summed E-state index contributed by atoms with van der Waals surface area (Å²) in [4.78, 5) is 29.0. The second kappa shape index (κ2) is 13.6. The van der Waals surface area contributed by atoms with Crippen LogP contribution in [0.25, 0.3) is 0 Å². The highest BCUT2D eigenvalue weighted by molar-refractivity contribution is 7.92. The third-order valence-electron chi connectivity index (χ3n) is 7.26. The van der Waals surface area contributed by atoms with Gasteiger partial charge in [0.1, 0.15) is 18.4 Å². The summed E-state index contributed by atoms with van der Waals surface area (Å²) in [5.74, 6) is -1.20. The van der Waals surface area contributed by atoms with Crippen molar-refractivity contribution in [3.63, 3.8) is 0 Å². The van der Waals surface area contributed by atoms with Crippen LogP contribution < -0.4 is 9.62 Å². The normalized spacial score (nSPS) is 14.8. The van der Waals surface area contributed by atoms with E-state index in [1.54, 1.807) is 60.7 Å². The summed E-state index contributed by atoms with van der Waals surface area (Å²) >= 11 is 0. The van der Waals surface area contributed by atoms with E-state index in [9.17, 15) is 22.4 Å². The first-order valence-electron chi connectivity index (χ1n) is 13.8. The van der Waals surface area contributed by atoms with E-state index in [-0.39, 0.29) is 23.4 Å². The number of halogens is 1. The maximum Gasteiger partial charge on any atom is 0.264 e. The third-order valence-corrected chi connectivity index (χ3v) is 9.05. The smallest absolute Gasteiger partial charge is 0.264 e. The number of carbonyl (C=O) groups is 2. The van der Waals surface area contributed by atoms with Gasteiger partial charge in [0.15, 0.2) is 0 Å². The minimum absolute atomic E-state index is 0.0315. The van der Waals surface area contributed by atoms with Crippen LogP contribution in [0.15, 0.2) is 89.8 Å². The van der Waals surface area contributed by atoms with E-state index < -0.39 is 34.3 Å². The van der Waals surface area contributed by atoms with Crippen LogP contribution in [-0.2, 0) is 26.2 Å². The van der Waals surface area contributed by atoms with E-state index in [0.29, 0.717) is 17.7 Å². The van der Waals surface area contributed by atoms with Gasteiger partial charge in [-0.25, -0.2) is 12.8 Å². The minimum Gasteiger partial charge on any atom is -0.352 e. The van der Waals surface area contributed by atoms with Crippen molar-refractivity contribution < 1.29 is 22.4 Å². The fraction of sp³-hybridized carbons (Fsp3) is 0.355. The minimum atomic E-state index is -4.10. The molecule has 0 bridgehead atoms. The van der Waals surface area contributed by atoms with Gasteiger partial charge in [-0.15, -0.1) is 0 Å². The molecule has 40 heavy (non-hydrogen) atoms. The number of nitrogens with one attached hydrogen (secondary N) is 1. The van der Waals surface area contributed by atoms with Gasteiger partial charge in [-0.05, 0) is 61.2 Å². The number of sulfonamides is 1. The van der Waals surface area contributed by atoms with E-state index in [2.05, 4.69) is 5.32 Å². The average molecular weight is 566 g/mol. The summed E-state index contributed by atoms with van der Waals surface area (Å²) < 4.78 is 42.2. The Morgan fingerprint density at radius 2 is 1.50 bits per heavy atom. The van der Waals surface area contributed by atoms with Crippen LogP contribution in [0.3, 0.4) is 0 Å². The molecule has 1 atom stereocenters. The van der Waals surface area contributed by atoms with E-state index in [0.717, 1.165) is 36.4 Å². The molecule has 0 radical (unpaired) electrons. The largest absolute Gasteiger partial charge is 0.352 e. The number of amides is 2. The van der Waals surface area contributed by atoms with Crippen LogP contribution in [-0.4, -0.2) is 43.8 Å². The predicted molar refractivity (Wildman–Crippen MR) is 153 cm³/mol. The Kier molecular flexibility index (Phi) is 9.93. The predicted octanol–water partition coefficient (Wildman–Crippen LogP) is 5.28. The van der Waals surface area contributed by atoms with Crippen molar-refractivity contribution in [3.05, 3.63) is 96.3 Å². The molecule has 212 valence electrons. The zero-order valence-corrected chi connectivity index (χ0v) is 23.5. The molecular formula is C31H36FN3O4S. The molecule has 0 aliphatic heterocycles. The fourth-order valence-corrected chi connectivity index (χ4v) is 6.53. The van der Waals surface area contributed by atoms with Gasteiger partial charge in [0, 0.05) is 12.6 Å². The second-order valence-corrected chi connectivity index (χ2v) is 11.9. The SMILES string of the molecule is CCC(C(=O)NC1CCCCC1)N(Cc1ccc(F)cc1)C(=O)CN(c1ccccc1)S(=O)(=O)c1ccccc1. The van der Waals surface area contributed by atoms with Crippen LogP contribution >= 0.6 is 0 Å². The molecule has 9 heteroatoms. The van der Waals surface area contributed by atoms with Gasteiger partial charge in [0.05, 0.1) is 10.6 Å². The van der Waals surface area contributed by atoms with Gasteiger partial charge in [-0.2, -0.15) is 0 Å². The molecule has 1 unspecified atom stereocenters. The summed E-state index contributed by atoms with van der Waals surface area (Å²) in [5, 5.41) is 3.12. The van der Waals surface area contributed by atoms with Gasteiger partial charge in [0.25, 0.3) is 10.0 Å². The molecule has 4 rings (SSSR count). The molecule has 0 spiro atoms. The molecule has 0 heterocycles. The van der Waals surface area contributed by atoms with E-state index in [4.69, 9.17) is 0 Å². The van der Waals surface area contributed by atoms with Crippen molar-refractivity contribution in [2.24, 2.45) is 0 Å². The lowest BCUT2D eigenvalue weighted by Crippen LogP contribution is -2.54.